The molecule has 6 atom stereocenters. The number of hydrogen-bond donors (Lipinski definition) is 2. The van der Waals surface area contributed by atoms with Gasteiger partial charge in [0.15, 0.2) is 0 Å². The summed E-state index contributed by atoms with van der Waals surface area (Å²) >= 11 is 0. The van der Waals surface area contributed by atoms with Gasteiger partial charge in [-0.15, -0.1) is 0 Å². The Morgan fingerprint density at radius 1 is 1.06 bits per heavy atom. The molecular weight excluding hydrogens is 386 g/mol. The van der Waals surface area contributed by atoms with Gasteiger partial charge in [0.1, 0.15) is 0 Å². The SMILES string of the molecule is C[C@]12CC[C@H](O)CC1=CC[C@H]1[C@H]2CC[C@]2(C)c3nc4ccccc4c(C(=O)O)c3C[C@@H]12. The number of aromatic carboxylic acids is 1. The highest BCUT2D eigenvalue weighted by atomic mass is 16.4. The molecule has 4 heteroatoms. The molecule has 4 nitrogen and oxygen atoms in total. The van der Waals surface area contributed by atoms with Crippen LogP contribution in [0.4, 0.5) is 0 Å². The first-order valence-corrected chi connectivity index (χ1v) is 11.9. The second kappa shape index (κ2) is 6.41. The molecule has 2 fully saturated rings. The second-order valence-corrected chi connectivity index (χ2v) is 11.0. The van der Waals surface area contributed by atoms with E-state index in [0.29, 0.717) is 23.3 Å². The first-order chi connectivity index (χ1) is 14.8. The minimum Gasteiger partial charge on any atom is -0.478 e. The minimum absolute atomic E-state index is 0.0549. The van der Waals surface area contributed by atoms with Crippen LogP contribution in [0.5, 0.6) is 0 Å². The molecular formula is C27H31NO3. The van der Waals surface area contributed by atoms with Crippen molar-refractivity contribution in [2.24, 2.45) is 23.2 Å². The summed E-state index contributed by atoms with van der Waals surface area (Å²) in [5, 5.41) is 21.2. The molecule has 0 radical (unpaired) electrons. The van der Waals surface area contributed by atoms with Gasteiger partial charge in [-0.25, -0.2) is 4.79 Å². The van der Waals surface area contributed by atoms with Crippen LogP contribution in [-0.2, 0) is 11.8 Å². The van der Waals surface area contributed by atoms with Crippen molar-refractivity contribution in [3.05, 3.63) is 52.7 Å². The fourth-order valence-corrected chi connectivity index (χ4v) is 8.02. The number of benzene rings is 1. The molecule has 0 amide bonds. The van der Waals surface area contributed by atoms with Crippen LogP contribution in [0.15, 0.2) is 35.9 Å². The number of aliphatic hydroxyl groups excluding tert-OH is 1. The molecule has 1 heterocycles. The van der Waals surface area contributed by atoms with Crippen molar-refractivity contribution in [3.63, 3.8) is 0 Å². The molecule has 0 spiro atoms. The summed E-state index contributed by atoms with van der Waals surface area (Å²) in [6.45, 7) is 4.78. The van der Waals surface area contributed by atoms with Gasteiger partial charge < -0.3 is 10.2 Å². The number of carboxylic acid groups (broad SMARTS) is 1. The number of para-hydroxylation sites is 1. The third-order valence-corrected chi connectivity index (χ3v) is 9.64. The van der Waals surface area contributed by atoms with Gasteiger partial charge in [0.25, 0.3) is 0 Å². The topological polar surface area (TPSA) is 70.4 Å². The van der Waals surface area contributed by atoms with Gasteiger partial charge in [-0.2, -0.15) is 0 Å². The average molecular weight is 418 g/mol. The lowest BCUT2D eigenvalue weighted by Crippen LogP contribution is -2.51. The Bertz CT molecular complexity index is 1140. The summed E-state index contributed by atoms with van der Waals surface area (Å²) < 4.78 is 0. The molecule has 4 aliphatic rings. The third-order valence-electron chi connectivity index (χ3n) is 9.64. The molecule has 2 saturated carbocycles. The lowest BCUT2D eigenvalue weighted by molar-refractivity contribution is -0.0169. The van der Waals surface area contributed by atoms with Gasteiger partial charge in [-0.3, -0.25) is 4.98 Å². The number of rotatable bonds is 1. The molecule has 162 valence electrons. The van der Waals surface area contributed by atoms with Gasteiger partial charge >= 0.3 is 5.97 Å². The van der Waals surface area contributed by atoms with Crippen molar-refractivity contribution in [2.75, 3.05) is 0 Å². The third kappa shape index (κ3) is 2.51. The quantitative estimate of drug-likeness (QED) is 0.620. The van der Waals surface area contributed by atoms with Crippen molar-refractivity contribution in [2.45, 2.75) is 70.3 Å². The fraction of sp³-hybridized carbons (Fsp3) is 0.556. The highest BCUT2D eigenvalue weighted by Crippen LogP contribution is 2.64. The average Bonchev–Trinajstić information content (AvgIpc) is 3.04. The maximum absolute atomic E-state index is 12.4. The normalized spacial score (nSPS) is 38.6. The summed E-state index contributed by atoms with van der Waals surface area (Å²) in [7, 11) is 0. The van der Waals surface area contributed by atoms with Crippen LogP contribution in [0.1, 0.15) is 74.0 Å². The summed E-state index contributed by atoms with van der Waals surface area (Å²) in [4.78, 5) is 17.5. The standard InChI is InChI=1S/C27H31NO3/c1-26-11-9-16(29)13-15(26)7-8-17-20(26)10-12-27(2)21(17)14-19-23(25(30)31)18-5-3-4-6-22(18)28-24(19)27/h3-7,16-17,20-21,29H,8-14H2,1-2H3,(H,30,31)/t16-,17-,20+,21-,26-,27-/m0/s1. The van der Waals surface area contributed by atoms with E-state index in [1.807, 2.05) is 24.3 Å². The van der Waals surface area contributed by atoms with Gasteiger partial charge in [0.05, 0.1) is 22.9 Å². The fourth-order valence-electron chi connectivity index (χ4n) is 8.02. The number of aromatic nitrogens is 1. The predicted octanol–water partition coefficient (Wildman–Crippen LogP) is 5.27. The molecule has 6 rings (SSSR count). The zero-order chi connectivity index (χ0) is 21.5. The second-order valence-electron chi connectivity index (χ2n) is 11.0. The van der Waals surface area contributed by atoms with Gasteiger partial charge in [0, 0.05) is 10.8 Å². The molecule has 1 aromatic heterocycles. The van der Waals surface area contributed by atoms with Crippen molar-refractivity contribution in [1.82, 2.24) is 4.98 Å². The summed E-state index contributed by atoms with van der Waals surface area (Å²) in [6.07, 6.45) is 9.16. The molecule has 4 aliphatic carbocycles. The van der Waals surface area contributed by atoms with Crippen LogP contribution >= 0.6 is 0 Å². The molecule has 0 bridgehead atoms. The van der Waals surface area contributed by atoms with Crippen LogP contribution < -0.4 is 0 Å². The highest BCUT2D eigenvalue weighted by molar-refractivity contribution is 6.04. The Hall–Kier alpha value is -2.20. The van der Waals surface area contributed by atoms with Gasteiger partial charge in [-0.1, -0.05) is 43.7 Å². The van der Waals surface area contributed by atoms with Crippen molar-refractivity contribution in [1.29, 1.82) is 0 Å². The van der Waals surface area contributed by atoms with E-state index in [9.17, 15) is 15.0 Å². The number of allylic oxidation sites excluding steroid dienone is 1. The van der Waals surface area contributed by atoms with E-state index in [0.717, 1.165) is 67.1 Å². The zero-order valence-corrected chi connectivity index (χ0v) is 18.4. The maximum Gasteiger partial charge on any atom is 0.336 e. The van der Waals surface area contributed by atoms with Crippen LogP contribution in [-0.4, -0.2) is 27.3 Å². The number of carboxylic acids is 1. The number of aliphatic hydroxyl groups is 1. The van der Waals surface area contributed by atoms with Crippen LogP contribution in [0.2, 0.25) is 0 Å². The van der Waals surface area contributed by atoms with E-state index >= 15 is 0 Å². The predicted molar refractivity (Wildman–Crippen MR) is 120 cm³/mol. The Morgan fingerprint density at radius 2 is 1.84 bits per heavy atom. The maximum atomic E-state index is 12.4. The van der Waals surface area contributed by atoms with Crippen LogP contribution in [0.3, 0.4) is 0 Å². The number of carbonyl (C=O) groups is 1. The van der Waals surface area contributed by atoms with E-state index < -0.39 is 5.97 Å². The molecule has 2 N–H and O–H groups in total. The lowest BCUT2D eigenvalue weighted by atomic mass is 9.48. The smallest absolute Gasteiger partial charge is 0.336 e. The number of nitrogens with zero attached hydrogens (tertiary/aromatic N) is 1. The van der Waals surface area contributed by atoms with E-state index in [-0.39, 0.29) is 16.9 Å². The van der Waals surface area contributed by atoms with Crippen LogP contribution in [0, 0.1) is 23.2 Å². The van der Waals surface area contributed by atoms with Crippen molar-refractivity contribution >= 4 is 16.9 Å². The number of pyridine rings is 1. The Morgan fingerprint density at radius 3 is 2.65 bits per heavy atom. The zero-order valence-electron chi connectivity index (χ0n) is 18.4. The summed E-state index contributed by atoms with van der Waals surface area (Å²) in [6, 6.07) is 7.72. The van der Waals surface area contributed by atoms with Gasteiger partial charge in [0.2, 0.25) is 0 Å². The first-order valence-electron chi connectivity index (χ1n) is 11.9. The molecule has 31 heavy (non-hydrogen) atoms. The molecule has 0 saturated heterocycles. The summed E-state index contributed by atoms with van der Waals surface area (Å²) in [5.74, 6) is 0.787. The minimum atomic E-state index is -0.826. The molecule has 0 aliphatic heterocycles. The number of hydrogen-bond acceptors (Lipinski definition) is 3. The Labute approximate surface area is 183 Å². The Kier molecular flexibility index (Phi) is 4.03. The molecule has 2 aromatic rings. The van der Waals surface area contributed by atoms with E-state index in [2.05, 4.69) is 19.9 Å². The van der Waals surface area contributed by atoms with E-state index in [1.54, 1.807) is 0 Å². The van der Waals surface area contributed by atoms with E-state index in [4.69, 9.17) is 4.98 Å². The van der Waals surface area contributed by atoms with Gasteiger partial charge in [-0.05, 0) is 79.7 Å². The monoisotopic (exact) mass is 417 g/mol. The molecule has 0 unspecified atom stereocenters. The summed E-state index contributed by atoms with van der Waals surface area (Å²) in [5.41, 5.74) is 4.92. The Balaban J connectivity index is 1.48. The largest absolute Gasteiger partial charge is 0.478 e. The number of fused-ring (bicyclic) bond motifs is 8. The molecule has 1 aromatic carbocycles. The van der Waals surface area contributed by atoms with Crippen molar-refractivity contribution < 1.29 is 15.0 Å². The van der Waals surface area contributed by atoms with E-state index in [1.165, 1.54) is 5.57 Å². The van der Waals surface area contributed by atoms with Crippen molar-refractivity contribution in [3.8, 4) is 0 Å². The first kappa shape index (κ1) is 19.5. The van der Waals surface area contributed by atoms with Crippen LogP contribution in [0.25, 0.3) is 10.9 Å². The lowest BCUT2D eigenvalue weighted by Gasteiger charge is -2.57. The highest BCUT2D eigenvalue weighted by Gasteiger charge is 2.58.